The average molecular weight is 437 g/mol. The molecular formula is C23H23N3O6. The number of rotatable bonds is 6. The van der Waals surface area contributed by atoms with Crippen molar-refractivity contribution in [3.05, 3.63) is 53.2 Å². The third-order valence-electron chi connectivity index (χ3n) is 5.77. The minimum atomic E-state index is -0.237. The van der Waals surface area contributed by atoms with E-state index in [0.29, 0.717) is 35.4 Å². The highest BCUT2D eigenvalue weighted by Crippen LogP contribution is 2.45. The second-order valence-electron chi connectivity index (χ2n) is 7.55. The van der Waals surface area contributed by atoms with Gasteiger partial charge in [0.2, 0.25) is 12.7 Å². The lowest BCUT2D eigenvalue weighted by molar-refractivity contribution is -0.116. The van der Waals surface area contributed by atoms with Crippen molar-refractivity contribution in [1.82, 2.24) is 9.78 Å². The van der Waals surface area contributed by atoms with E-state index in [2.05, 4.69) is 10.4 Å². The monoisotopic (exact) mass is 437 g/mol. The predicted octanol–water partition coefficient (Wildman–Crippen LogP) is 3.16. The Hall–Kier alpha value is -3.88. The van der Waals surface area contributed by atoms with Gasteiger partial charge in [-0.3, -0.25) is 4.79 Å². The zero-order chi connectivity index (χ0) is 22.2. The highest BCUT2D eigenvalue weighted by atomic mass is 16.7. The van der Waals surface area contributed by atoms with Crippen LogP contribution in [0.5, 0.6) is 28.7 Å². The Labute approximate surface area is 184 Å². The predicted molar refractivity (Wildman–Crippen MR) is 115 cm³/mol. The molecule has 1 amide bonds. The lowest BCUT2D eigenvalue weighted by atomic mass is 9.86. The number of anilines is 1. The summed E-state index contributed by atoms with van der Waals surface area (Å²) >= 11 is 0. The molecular weight excluding hydrogens is 414 g/mol. The first-order valence-corrected chi connectivity index (χ1v) is 10.1. The van der Waals surface area contributed by atoms with Gasteiger partial charge in [-0.2, -0.15) is 5.10 Å². The van der Waals surface area contributed by atoms with Crippen molar-refractivity contribution in [2.75, 3.05) is 33.4 Å². The number of hydrogen-bond acceptors (Lipinski definition) is 7. The second-order valence-corrected chi connectivity index (χ2v) is 7.55. The van der Waals surface area contributed by atoms with Crippen LogP contribution in [0.3, 0.4) is 0 Å². The maximum atomic E-state index is 12.7. The topological polar surface area (TPSA) is 93.1 Å². The summed E-state index contributed by atoms with van der Waals surface area (Å²) in [5, 5.41) is 7.54. The van der Waals surface area contributed by atoms with E-state index in [9.17, 15) is 4.79 Å². The smallest absolute Gasteiger partial charge is 0.231 e. The molecule has 0 fully saturated rings. The SMILES string of the molecule is COc1cc(OC)c([C@@H]2CC(=O)Nc3c2cnn3Cc2ccc3c(c2)OCO3)cc1OC. The van der Waals surface area contributed by atoms with E-state index < -0.39 is 0 Å². The van der Waals surface area contributed by atoms with Crippen LogP contribution >= 0.6 is 0 Å². The van der Waals surface area contributed by atoms with Crippen LogP contribution in [0, 0.1) is 0 Å². The number of fused-ring (bicyclic) bond motifs is 2. The fraction of sp³-hybridized carbons (Fsp3) is 0.304. The maximum Gasteiger partial charge on any atom is 0.231 e. The Balaban J connectivity index is 1.52. The standard InChI is InChI=1S/C23H23N3O6/c1-28-18-9-20(30-3)19(29-2)7-15(18)14-8-22(27)25-23-16(14)10-24-26(23)11-13-4-5-17-21(6-13)32-12-31-17/h4-7,9-10,14H,8,11-12H2,1-3H3,(H,25,27)/t14-/m0/s1. The third-order valence-corrected chi connectivity index (χ3v) is 5.77. The van der Waals surface area contributed by atoms with E-state index in [0.717, 1.165) is 22.4 Å². The molecule has 166 valence electrons. The highest BCUT2D eigenvalue weighted by Gasteiger charge is 2.33. The molecule has 2 aliphatic rings. The van der Waals surface area contributed by atoms with Gasteiger partial charge < -0.3 is 29.0 Å². The molecule has 0 radical (unpaired) electrons. The summed E-state index contributed by atoms with van der Waals surface area (Å²) in [5.74, 6) is 3.53. The quantitative estimate of drug-likeness (QED) is 0.633. The summed E-state index contributed by atoms with van der Waals surface area (Å²) in [5.41, 5.74) is 2.74. The molecule has 0 bridgehead atoms. The third kappa shape index (κ3) is 3.35. The number of ether oxygens (including phenoxy) is 5. The maximum absolute atomic E-state index is 12.7. The van der Waals surface area contributed by atoms with Gasteiger partial charge in [-0.1, -0.05) is 6.07 Å². The Bertz CT molecular complexity index is 1190. The summed E-state index contributed by atoms with van der Waals surface area (Å²) < 4.78 is 29.1. The first-order chi connectivity index (χ1) is 15.6. The minimum Gasteiger partial charge on any atom is -0.496 e. The second kappa shape index (κ2) is 7.99. The first kappa shape index (κ1) is 20.0. The van der Waals surface area contributed by atoms with Gasteiger partial charge in [0.25, 0.3) is 0 Å². The van der Waals surface area contributed by atoms with Gasteiger partial charge in [0, 0.05) is 29.5 Å². The van der Waals surface area contributed by atoms with Gasteiger partial charge in [-0.15, -0.1) is 0 Å². The molecule has 1 N–H and O–H groups in total. The zero-order valence-electron chi connectivity index (χ0n) is 18.0. The van der Waals surface area contributed by atoms with E-state index in [4.69, 9.17) is 23.7 Å². The van der Waals surface area contributed by atoms with Crippen molar-refractivity contribution in [2.45, 2.75) is 18.9 Å². The van der Waals surface area contributed by atoms with Gasteiger partial charge in [0.1, 0.15) is 11.6 Å². The number of aromatic nitrogens is 2. The molecule has 9 heteroatoms. The van der Waals surface area contributed by atoms with Gasteiger partial charge in [0.15, 0.2) is 23.0 Å². The summed E-state index contributed by atoms with van der Waals surface area (Å²) in [7, 11) is 4.75. The van der Waals surface area contributed by atoms with Crippen molar-refractivity contribution in [3.63, 3.8) is 0 Å². The van der Waals surface area contributed by atoms with E-state index in [-0.39, 0.29) is 25.0 Å². The number of nitrogens with zero attached hydrogens (tertiary/aromatic N) is 2. The van der Waals surface area contributed by atoms with Gasteiger partial charge in [-0.05, 0) is 23.8 Å². The van der Waals surface area contributed by atoms with Crippen molar-refractivity contribution >= 4 is 11.7 Å². The number of carbonyl (C=O) groups excluding carboxylic acids is 1. The number of nitrogens with one attached hydrogen (secondary N) is 1. The van der Waals surface area contributed by atoms with Crippen molar-refractivity contribution in [3.8, 4) is 28.7 Å². The molecule has 1 atom stereocenters. The van der Waals surface area contributed by atoms with Crippen LogP contribution in [-0.2, 0) is 11.3 Å². The Morgan fingerprint density at radius 1 is 1.00 bits per heavy atom. The molecule has 2 aliphatic heterocycles. The van der Waals surface area contributed by atoms with Crippen LogP contribution in [0.2, 0.25) is 0 Å². The Morgan fingerprint density at radius 2 is 1.75 bits per heavy atom. The molecule has 3 heterocycles. The number of methoxy groups -OCH3 is 3. The van der Waals surface area contributed by atoms with Crippen LogP contribution < -0.4 is 29.0 Å². The van der Waals surface area contributed by atoms with E-state index in [1.54, 1.807) is 38.3 Å². The number of amides is 1. The number of benzene rings is 2. The molecule has 0 aliphatic carbocycles. The normalized spacial score (nSPS) is 16.3. The average Bonchev–Trinajstić information content (AvgIpc) is 3.44. The highest BCUT2D eigenvalue weighted by molar-refractivity contribution is 5.94. The molecule has 3 aromatic rings. The van der Waals surface area contributed by atoms with Crippen molar-refractivity contribution in [2.24, 2.45) is 0 Å². The van der Waals surface area contributed by atoms with Crippen LogP contribution in [0.25, 0.3) is 0 Å². The molecule has 0 saturated carbocycles. The van der Waals surface area contributed by atoms with E-state index in [1.807, 2.05) is 24.3 Å². The van der Waals surface area contributed by atoms with Crippen molar-refractivity contribution in [1.29, 1.82) is 0 Å². The lowest BCUT2D eigenvalue weighted by Crippen LogP contribution is -2.25. The fourth-order valence-corrected chi connectivity index (χ4v) is 4.20. The lowest BCUT2D eigenvalue weighted by Gasteiger charge is -2.26. The van der Waals surface area contributed by atoms with Gasteiger partial charge in [0.05, 0.1) is 34.1 Å². The summed E-state index contributed by atoms with van der Waals surface area (Å²) in [6.45, 7) is 0.697. The van der Waals surface area contributed by atoms with Crippen LogP contribution in [-0.4, -0.2) is 43.8 Å². The molecule has 2 aromatic carbocycles. The molecule has 9 nitrogen and oxygen atoms in total. The minimum absolute atomic E-state index is 0.0909. The number of carbonyl (C=O) groups is 1. The molecule has 32 heavy (non-hydrogen) atoms. The van der Waals surface area contributed by atoms with E-state index in [1.165, 1.54) is 0 Å². The molecule has 0 spiro atoms. The molecule has 5 rings (SSSR count). The number of hydrogen-bond donors (Lipinski definition) is 1. The molecule has 1 aromatic heterocycles. The summed E-state index contributed by atoms with van der Waals surface area (Å²) in [4.78, 5) is 12.7. The van der Waals surface area contributed by atoms with Gasteiger partial charge in [-0.25, -0.2) is 4.68 Å². The van der Waals surface area contributed by atoms with E-state index >= 15 is 0 Å². The molecule has 0 unspecified atom stereocenters. The van der Waals surface area contributed by atoms with Crippen LogP contribution in [0.15, 0.2) is 36.5 Å². The van der Waals surface area contributed by atoms with Crippen LogP contribution in [0.4, 0.5) is 5.82 Å². The van der Waals surface area contributed by atoms with Crippen LogP contribution in [0.1, 0.15) is 29.0 Å². The summed E-state index contributed by atoms with van der Waals surface area (Å²) in [6.07, 6.45) is 2.07. The van der Waals surface area contributed by atoms with Crippen molar-refractivity contribution < 1.29 is 28.5 Å². The Kier molecular flexibility index (Phi) is 5.01. The van der Waals surface area contributed by atoms with Gasteiger partial charge >= 0.3 is 0 Å². The summed E-state index contributed by atoms with van der Waals surface area (Å²) in [6, 6.07) is 9.40. The largest absolute Gasteiger partial charge is 0.496 e. The fourth-order valence-electron chi connectivity index (χ4n) is 4.20. The molecule has 0 saturated heterocycles. The Morgan fingerprint density at radius 3 is 2.53 bits per heavy atom. The first-order valence-electron chi connectivity index (χ1n) is 10.1. The zero-order valence-corrected chi connectivity index (χ0v) is 18.0.